The molecule has 0 radical (unpaired) electrons. The van der Waals surface area contributed by atoms with E-state index in [0.717, 1.165) is 0 Å². The Morgan fingerprint density at radius 1 is 1.50 bits per heavy atom. The van der Waals surface area contributed by atoms with Crippen molar-refractivity contribution in [1.82, 2.24) is 10.5 Å². The van der Waals surface area contributed by atoms with Gasteiger partial charge in [-0.3, -0.25) is 4.79 Å². The summed E-state index contributed by atoms with van der Waals surface area (Å²) >= 11 is 0. The van der Waals surface area contributed by atoms with Gasteiger partial charge in [-0.25, -0.2) is 0 Å². The van der Waals surface area contributed by atoms with E-state index in [-0.39, 0.29) is 18.4 Å². The third-order valence-electron chi connectivity index (χ3n) is 2.94. The number of hydrogen-bond donors (Lipinski definition) is 2. The lowest BCUT2D eigenvalue weighted by molar-refractivity contribution is -0.128. The van der Waals surface area contributed by atoms with Crippen molar-refractivity contribution in [3.63, 3.8) is 0 Å². The van der Waals surface area contributed by atoms with Gasteiger partial charge in [-0.2, -0.15) is 0 Å². The van der Waals surface area contributed by atoms with Crippen molar-refractivity contribution in [2.75, 3.05) is 6.61 Å². The molecule has 18 heavy (non-hydrogen) atoms. The van der Waals surface area contributed by atoms with E-state index in [9.17, 15) is 9.90 Å². The molecule has 0 fully saturated rings. The average molecular weight is 256 g/mol. The van der Waals surface area contributed by atoms with E-state index in [1.807, 2.05) is 0 Å². The summed E-state index contributed by atoms with van der Waals surface area (Å²) in [5.74, 6) is 0.550. The van der Waals surface area contributed by atoms with Crippen LogP contribution in [-0.2, 0) is 4.79 Å². The number of carbonyl (C=O) groups excluding carboxylic acids is 1. The molecule has 1 amide bonds. The largest absolute Gasteiger partial charge is 0.465 e. The lowest BCUT2D eigenvalue weighted by Gasteiger charge is -2.37. The van der Waals surface area contributed by atoms with E-state index in [0.29, 0.717) is 5.76 Å². The molecular weight excluding hydrogens is 236 g/mol. The van der Waals surface area contributed by atoms with Crippen molar-refractivity contribution in [1.29, 1.82) is 0 Å². The van der Waals surface area contributed by atoms with Gasteiger partial charge in [-0.1, -0.05) is 0 Å². The number of aromatic nitrogens is 1. The molecule has 1 rings (SSSR count). The van der Waals surface area contributed by atoms with Crippen LogP contribution >= 0.6 is 0 Å². The Kier molecular flexibility index (Phi) is 4.01. The molecule has 0 unspecified atom stereocenters. The summed E-state index contributed by atoms with van der Waals surface area (Å²) in [6.45, 7) is 8.31. The van der Waals surface area contributed by atoms with Gasteiger partial charge in [-0.15, -0.1) is 0 Å². The summed E-state index contributed by atoms with van der Waals surface area (Å²) < 4.78 is 9.95. The molecule has 0 atom stereocenters. The van der Waals surface area contributed by atoms with E-state index in [1.165, 1.54) is 0 Å². The molecule has 1 aromatic rings. The van der Waals surface area contributed by atoms with Crippen LogP contribution in [0.2, 0.25) is 0 Å². The highest BCUT2D eigenvalue weighted by Crippen LogP contribution is 2.20. The number of aryl methyl sites for hydroxylation is 1. The van der Waals surface area contributed by atoms with Crippen LogP contribution in [0.1, 0.15) is 33.5 Å². The SMILES string of the molecule is Cc1cc(OCC(=O)NC(C)(C)C(C)(C)O)no1. The van der Waals surface area contributed by atoms with Gasteiger partial charge in [0.1, 0.15) is 5.76 Å². The molecule has 0 spiro atoms. The van der Waals surface area contributed by atoms with Gasteiger partial charge in [0.15, 0.2) is 6.61 Å². The minimum Gasteiger partial charge on any atom is -0.465 e. The number of aliphatic hydroxyl groups is 1. The Bertz CT molecular complexity index is 418. The highest BCUT2D eigenvalue weighted by Gasteiger charge is 2.36. The molecule has 0 saturated carbocycles. The second-order valence-corrected chi connectivity index (χ2v) is 5.30. The second kappa shape index (κ2) is 4.97. The van der Waals surface area contributed by atoms with Crippen molar-refractivity contribution < 1.29 is 19.2 Å². The van der Waals surface area contributed by atoms with Gasteiger partial charge in [0, 0.05) is 6.07 Å². The summed E-state index contributed by atoms with van der Waals surface area (Å²) in [5.41, 5.74) is -1.79. The molecule has 6 nitrogen and oxygen atoms in total. The third kappa shape index (κ3) is 3.73. The maximum atomic E-state index is 11.7. The van der Waals surface area contributed by atoms with E-state index >= 15 is 0 Å². The number of nitrogens with one attached hydrogen (secondary N) is 1. The highest BCUT2D eigenvalue weighted by atomic mass is 16.5. The lowest BCUT2D eigenvalue weighted by atomic mass is 9.86. The van der Waals surface area contributed by atoms with Crippen LogP contribution in [0.25, 0.3) is 0 Å². The molecule has 0 aromatic carbocycles. The fourth-order valence-electron chi connectivity index (χ4n) is 1.09. The highest BCUT2D eigenvalue weighted by molar-refractivity contribution is 5.78. The van der Waals surface area contributed by atoms with Gasteiger partial charge in [-0.05, 0) is 39.8 Å². The average Bonchev–Trinajstić information content (AvgIpc) is 2.59. The summed E-state index contributed by atoms with van der Waals surface area (Å²) in [6, 6.07) is 1.59. The van der Waals surface area contributed by atoms with Crippen molar-refractivity contribution in [3.05, 3.63) is 11.8 Å². The van der Waals surface area contributed by atoms with Crippen LogP contribution in [0.15, 0.2) is 10.6 Å². The lowest BCUT2D eigenvalue weighted by Crippen LogP contribution is -2.58. The minimum absolute atomic E-state index is 0.175. The van der Waals surface area contributed by atoms with E-state index in [1.54, 1.807) is 40.7 Å². The maximum Gasteiger partial charge on any atom is 0.258 e. The zero-order valence-corrected chi connectivity index (χ0v) is 11.4. The second-order valence-electron chi connectivity index (χ2n) is 5.30. The van der Waals surface area contributed by atoms with E-state index < -0.39 is 11.1 Å². The zero-order chi connectivity index (χ0) is 14.0. The number of carbonyl (C=O) groups is 1. The predicted molar refractivity (Wildman–Crippen MR) is 65.3 cm³/mol. The van der Waals surface area contributed by atoms with Crippen LogP contribution in [0.4, 0.5) is 0 Å². The van der Waals surface area contributed by atoms with Crippen LogP contribution in [0.3, 0.4) is 0 Å². The van der Waals surface area contributed by atoms with E-state index in [2.05, 4.69) is 10.5 Å². The van der Waals surface area contributed by atoms with Gasteiger partial charge in [0.05, 0.1) is 11.1 Å². The van der Waals surface area contributed by atoms with Crippen LogP contribution < -0.4 is 10.1 Å². The number of hydrogen-bond acceptors (Lipinski definition) is 5. The first-order valence-corrected chi connectivity index (χ1v) is 5.71. The van der Waals surface area contributed by atoms with Crippen molar-refractivity contribution in [3.8, 4) is 5.88 Å². The van der Waals surface area contributed by atoms with Crippen molar-refractivity contribution >= 4 is 5.91 Å². The van der Waals surface area contributed by atoms with Crippen LogP contribution in [0, 0.1) is 6.92 Å². The van der Waals surface area contributed by atoms with Crippen LogP contribution in [-0.4, -0.2) is 33.9 Å². The smallest absolute Gasteiger partial charge is 0.258 e. The molecule has 0 bridgehead atoms. The molecule has 0 aliphatic carbocycles. The first kappa shape index (κ1) is 14.5. The molecule has 1 heterocycles. The van der Waals surface area contributed by atoms with Crippen LogP contribution in [0.5, 0.6) is 5.88 Å². The standard InChI is InChI=1S/C12H20N2O4/c1-8-6-10(14-18-8)17-7-9(15)13-11(2,3)12(4,5)16/h6,16H,7H2,1-5H3,(H,13,15). The minimum atomic E-state index is -1.03. The molecule has 0 saturated heterocycles. The Balaban J connectivity index is 2.48. The molecule has 102 valence electrons. The van der Waals surface area contributed by atoms with Gasteiger partial charge in [0.2, 0.25) is 0 Å². The third-order valence-corrected chi connectivity index (χ3v) is 2.94. The first-order valence-electron chi connectivity index (χ1n) is 5.71. The quantitative estimate of drug-likeness (QED) is 0.822. The summed E-state index contributed by atoms with van der Waals surface area (Å²) in [6.07, 6.45) is 0. The Labute approximate surface area is 106 Å². The Hall–Kier alpha value is -1.56. The number of rotatable bonds is 5. The molecule has 0 aliphatic rings. The molecule has 1 aromatic heterocycles. The number of amides is 1. The molecule has 0 aliphatic heterocycles. The number of ether oxygens (including phenoxy) is 1. The predicted octanol–water partition coefficient (Wildman–Crippen LogP) is 1.03. The topological polar surface area (TPSA) is 84.6 Å². The maximum absolute atomic E-state index is 11.7. The van der Waals surface area contributed by atoms with E-state index in [4.69, 9.17) is 9.26 Å². The Morgan fingerprint density at radius 3 is 2.56 bits per heavy atom. The van der Waals surface area contributed by atoms with Crippen molar-refractivity contribution in [2.45, 2.75) is 45.8 Å². The van der Waals surface area contributed by atoms with Gasteiger partial charge < -0.3 is 19.7 Å². The number of nitrogens with zero attached hydrogens (tertiary/aromatic N) is 1. The van der Waals surface area contributed by atoms with Gasteiger partial charge in [0.25, 0.3) is 11.8 Å². The molecule has 2 N–H and O–H groups in total. The molecule has 6 heteroatoms. The summed E-state index contributed by atoms with van der Waals surface area (Å²) in [7, 11) is 0. The molecular formula is C12H20N2O4. The fraction of sp³-hybridized carbons (Fsp3) is 0.667. The zero-order valence-electron chi connectivity index (χ0n) is 11.4. The first-order chi connectivity index (χ1) is 8.12. The monoisotopic (exact) mass is 256 g/mol. The summed E-state index contributed by atoms with van der Waals surface area (Å²) in [4.78, 5) is 11.7. The fourth-order valence-corrected chi connectivity index (χ4v) is 1.09. The normalized spacial score (nSPS) is 12.3. The Morgan fingerprint density at radius 2 is 2.11 bits per heavy atom. The van der Waals surface area contributed by atoms with Gasteiger partial charge >= 0.3 is 0 Å². The van der Waals surface area contributed by atoms with Crippen molar-refractivity contribution in [2.24, 2.45) is 0 Å². The summed E-state index contributed by atoms with van der Waals surface area (Å²) in [5, 5.41) is 16.2.